The van der Waals surface area contributed by atoms with Crippen molar-refractivity contribution in [1.29, 1.82) is 0 Å². The van der Waals surface area contributed by atoms with E-state index in [0.717, 1.165) is 0 Å². The molecular formula is C10H12Cl2N2O. The quantitative estimate of drug-likeness (QED) is 0.859. The zero-order valence-electron chi connectivity index (χ0n) is 8.26. The summed E-state index contributed by atoms with van der Waals surface area (Å²) >= 11 is 11.9. The molecule has 0 radical (unpaired) electrons. The molecule has 5 heteroatoms. The normalized spacial score (nSPS) is 12.2. The van der Waals surface area contributed by atoms with Gasteiger partial charge in [0, 0.05) is 0 Å². The minimum atomic E-state index is -0.456. The Balaban J connectivity index is 2.92. The fourth-order valence-corrected chi connectivity index (χ4v) is 1.69. The van der Waals surface area contributed by atoms with Crippen LogP contribution >= 0.6 is 23.2 Å². The van der Waals surface area contributed by atoms with Crippen LogP contribution in [0.1, 0.15) is 13.3 Å². The van der Waals surface area contributed by atoms with Crippen LogP contribution in [0.4, 0.5) is 5.69 Å². The van der Waals surface area contributed by atoms with Crippen LogP contribution in [0.15, 0.2) is 18.2 Å². The number of hydrogen-bond acceptors (Lipinski definition) is 2. The fourth-order valence-electron chi connectivity index (χ4n) is 1.18. The van der Waals surface area contributed by atoms with Gasteiger partial charge in [-0.3, -0.25) is 4.79 Å². The zero-order chi connectivity index (χ0) is 11.4. The third kappa shape index (κ3) is 3.01. The molecule has 0 fully saturated rings. The molecule has 0 aromatic heterocycles. The maximum Gasteiger partial charge on any atom is 0.239 e. The number of rotatable bonds is 4. The van der Waals surface area contributed by atoms with Crippen molar-refractivity contribution >= 4 is 34.8 Å². The molecule has 0 aliphatic rings. The molecule has 3 nitrogen and oxygen atoms in total. The van der Waals surface area contributed by atoms with E-state index in [1.807, 2.05) is 6.92 Å². The molecule has 3 N–H and O–H groups in total. The Morgan fingerprint density at radius 3 is 2.40 bits per heavy atom. The van der Waals surface area contributed by atoms with Crippen LogP contribution in [-0.2, 0) is 4.79 Å². The lowest BCUT2D eigenvalue weighted by atomic mass is 10.2. The summed E-state index contributed by atoms with van der Waals surface area (Å²) in [7, 11) is 0. The highest BCUT2D eigenvalue weighted by Crippen LogP contribution is 2.30. The van der Waals surface area contributed by atoms with Crippen LogP contribution in [0.2, 0.25) is 10.0 Å². The van der Waals surface area contributed by atoms with E-state index in [9.17, 15) is 4.79 Å². The first-order valence-electron chi connectivity index (χ1n) is 4.56. The van der Waals surface area contributed by atoms with Crippen LogP contribution in [0, 0.1) is 0 Å². The SMILES string of the molecule is CCC(Nc1c(Cl)cccc1Cl)C(N)=O. The minimum absolute atomic E-state index is 0.423. The molecule has 1 aromatic rings. The van der Waals surface area contributed by atoms with Crippen LogP contribution in [-0.4, -0.2) is 11.9 Å². The molecule has 0 saturated carbocycles. The van der Waals surface area contributed by atoms with E-state index in [4.69, 9.17) is 28.9 Å². The Morgan fingerprint density at radius 2 is 2.00 bits per heavy atom. The monoisotopic (exact) mass is 246 g/mol. The van der Waals surface area contributed by atoms with Crippen LogP contribution in [0.25, 0.3) is 0 Å². The largest absolute Gasteiger partial charge is 0.371 e. The number of nitrogens with one attached hydrogen (secondary N) is 1. The van der Waals surface area contributed by atoms with E-state index >= 15 is 0 Å². The molecule has 0 aliphatic heterocycles. The summed E-state index contributed by atoms with van der Waals surface area (Å²) in [4.78, 5) is 11.0. The van der Waals surface area contributed by atoms with Crippen LogP contribution in [0.3, 0.4) is 0 Å². The van der Waals surface area contributed by atoms with Crippen molar-refractivity contribution < 1.29 is 4.79 Å². The molecule has 1 atom stereocenters. The number of hydrogen-bond donors (Lipinski definition) is 2. The van der Waals surface area contributed by atoms with Crippen LogP contribution < -0.4 is 11.1 Å². The first-order chi connectivity index (χ1) is 7.06. The van der Waals surface area contributed by atoms with Crippen molar-refractivity contribution in [3.05, 3.63) is 28.2 Å². The van der Waals surface area contributed by atoms with Gasteiger partial charge in [-0.15, -0.1) is 0 Å². The molecule has 0 spiro atoms. The fraction of sp³-hybridized carbons (Fsp3) is 0.300. The van der Waals surface area contributed by atoms with Gasteiger partial charge in [-0.1, -0.05) is 36.2 Å². The molecule has 0 bridgehead atoms. The van der Waals surface area contributed by atoms with Crippen molar-refractivity contribution in [2.24, 2.45) is 5.73 Å². The summed E-state index contributed by atoms with van der Waals surface area (Å²) in [5.41, 5.74) is 5.76. The lowest BCUT2D eigenvalue weighted by Crippen LogP contribution is -2.34. The lowest BCUT2D eigenvalue weighted by molar-refractivity contribution is -0.118. The summed E-state index contributed by atoms with van der Waals surface area (Å²) in [6.07, 6.45) is 0.580. The Morgan fingerprint density at radius 1 is 1.47 bits per heavy atom. The molecule has 1 aromatic carbocycles. The molecule has 0 aliphatic carbocycles. The van der Waals surface area contributed by atoms with E-state index in [1.54, 1.807) is 18.2 Å². The summed E-state index contributed by atoms with van der Waals surface area (Å²) in [6.45, 7) is 1.85. The van der Waals surface area contributed by atoms with E-state index in [-0.39, 0.29) is 0 Å². The maximum atomic E-state index is 11.0. The van der Waals surface area contributed by atoms with Crippen molar-refractivity contribution in [3.8, 4) is 0 Å². The standard InChI is InChI=1S/C10H12Cl2N2O/c1-2-8(10(13)15)14-9-6(11)4-3-5-7(9)12/h3-5,8,14H,2H2,1H3,(H2,13,15). The Bertz CT molecular complexity index is 348. The highest BCUT2D eigenvalue weighted by atomic mass is 35.5. The molecule has 1 unspecified atom stereocenters. The lowest BCUT2D eigenvalue weighted by Gasteiger charge is -2.16. The van der Waals surface area contributed by atoms with E-state index in [2.05, 4.69) is 5.32 Å². The van der Waals surface area contributed by atoms with Gasteiger partial charge < -0.3 is 11.1 Å². The van der Waals surface area contributed by atoms with E-state index < -0.39 is 11.9 Å². The average Bonchev–Trinajstić information content (AvgIpc) is 2.17. The Hall–Kier alpha value is -0.930. The molecule has 82 valence electrons. The number of nitrogens with two attached hydrogens (primary N) is 1. The number of amides is 1. The molecule has 1 rings (SSSR count). The molecule has 1 amide bonds. The predicted octanol–water partition coefficient (Wildman–Crippen LogP) is 2.67. The number of carbonyl (C=O) groups excluding carboxylic acids is 1. The number of carbonyl (C=O) groups is 1. The summed E-state index contributed by atoms with van der Waals surface area (Å²) in [5, 5.41) is 3.87. The molecular weight excluding hydrogens is 235 g/mol. The number of benzene rings is 1. The highest BCUT2D eigenvalue weighted by molar-refractivity contribution is 6.39. The average molecular weight is 247 g/mol. The predicted molar refractivity (Wildman–Crippen MR) is 63.4 cm³/mol. The third-order valence-electron chi connectivity index (χ3n) is 2.03. The van der Waals surface area contributed by atoms with Gasteiger partial charge in [0.2, 0.25) is 5.91 Å². The maximum absolute atomic E-state index is 11.0. The van der Waals surface area contributed by atoms with Gasteiger partial charge in [0.25, 0.3) is 0 Å². The second kappa shape index (κ2) is 5.24. The van der Waals surface area contributed by atoms with Crippen molar-refractivity contribution in [2.45, 2.75) is 19.4 Å². The van der Waals surface area contributed by atoms with E-state index in [1.165, 1.54) is 0 Å². The molecule has 15 heavy (non-hydrogen) atoms. The number of primary amides is 1. The summed E-state index contributed by atoms with van der Waals surface area (Å²) in [6, 6.07) is 4.68. The van der Waals surface area contributed by atoms with E-state index in [0.29, 0.717) is 22.2 Å². The van der Waals surface area contributed by atoms with Gasteiger partial charge in [0.05, 0.1) is 15.7 Å². The Kier molecular flexibility index (Phi) is 4.24. The van der Waals surface area contributed by atoms with Gasteiger partial charge in [-0.2, -0.15) is 0 Å². The summed E-state index contributed by atoms with van der Waals surface area (Å²) < 4.78 is 0. The zero-order valence-corrected chi connectivity index (χ0v) is 9.77. The highest BCUT2D eigenvalue weighted by Gasteiger charge is 2.15. The number of halogens is 2. The summed E-state index contributed by atoms with van der Waals surface area (Å²) in [5.74, 6) is -0.423. The number of anilines is 1. The second-order valence-electron chi connectivity index (χ2n) is 3.10. The number of para-hydroxylation sites is 1. The minimum Gasteiger partial charge on any atom is -0.371 e. The molecule has 0 heterocycles. The van der Waals surface area contributed by atoms with Gasteiger partial charge in [0.1, 0.15) is 6.04 Å². The van der Waals surface area contributed by atoms with Gasteiger partial charge in [-0.25, -0.2) is 0 Å². The third-order valence-corrected chi connectivity index (χ3v) is 2.66. The topological polar surface area (TPSA) is 55.1 Å². The first-order valence-corrected chi connectivity index (χ1v) is 5.31. The van der Waals surface area contributed by atoms with Gasteiger partial charge >= 0.3 is 0 Å². The first kappa shape index (κ1) is 12.1. The second-order valence-corrected chi connectivity index (χ2v) is 3.92. The van der Waals surface area contributed by atoms with Crippen molar-refractivity contribution in [3.63, 3.8) is 0 Å². The van der Waals surface area contributed by atoms with Gasteiger partial charge in [-0.05, 0) is 18.6 Å². The molecule has 0 saturated heterocycles. The van der Waals surface area contributed by atoms with Crippen molar-refractivity contribution in [2.75, 3.05) is 5.32 Å². The smallest absolute Gasteiger partial charge is 0.239 e. The van der Waals surface area contributed by atoms with Gasteiger partial charge in [0.15, 0.2) is 0 Å². The van der Waals surface area contributed by atoms with Crippen LogP contribution in [0.5, 0.6) is 0 Å². The van der Waals surface area contributed by atoms with Crippen molar-refractivity contribution in [1.82, 2.24) is 0 Å². The Labute approximate surface area is 98.5 Å².